The van der Waals surface area contributed by atoms with Crippen molar-refractivity contribution in [1.82, 2.24) is 10.3 Å². The molecule has 0 saturated carbocycles. The van der Waals surface area contributed by atoms with Crippen molar-refractivity contribution in [2.24, 2.45) is 0 Å². The number of H-pyrrole nitrogens is 1. The van der Waals surface area contributed by atoms with Gasteiger partial charge in [0.1, 0.15) is 0 Å². The van der Waals surface area contributed by atoms with Gasteiger partial charge >= 0.3 is 6.03 Å². The molecule has 0 aliphatic rings. The summed E-state index contributed by atoms with van der Waals surface area (Å²) in [4.78, 5) is 15.5. The molecule has 4 nitrogen and oxygen atoms in total. The predicted octanol–water partition coefficient (Wildman–Crippen LogP) is 4.96. The van der Waals surface area contributed by atoms with Gasteiger partial charge in [-0.15, -0.1) is 0 Å². The lowest BCUT2D eigenvalue weighted by Crippen LogP contribution is -2.30. The molecule has 0 saturated heterocycles. The fourth-order valence-corrected chi connectivity index (χ4v) is 3.08. The van der Waals surface area contributed by atoms with Crippen LogP contribution in [0.4, 0.5) is 10.5 Å². The van der Waals surface area contributed by atoms with E-state index in [9.17, 15) is 4.79 Å². The standard InChI is InChI=1S/C21H25N3O/c1-14(2)16-8-10-17(11-9-16)24-21(25)22-13-12-18-15(3)23-20-7-5-4-6-19(18)20/h4-11,14,23H,12-13H2,1-3H3,(H2,22,24,25). The van der Waals surface area contributed by atoms with E-state index in [1.54, 1.807) is 0 Å². The van der Waals surface area contributed by atoms with Gasteiger partial charge in [-0.1, -0.05) is 44.2 Å². The molecule has 0 aliphatic heterocycles. The van der Waals surface area contributed by atoms with Crippen LogP contribution in [0.5, 0.6) is 0 Å². The molecule has 0 unspecified atom stereocenters. The Hall–Kier alpha value is -2.75. The first kappa shape index (κ1) is 17.1. The lowest BCUT2D eigenvalue weighted by Gasteiger charge is -2.10. The number of para-hydroxylation sites is 1. The highest BCUT2D eigenvalue weighted by molar-refractivity contribution is 5.89. The highest BCUT2D eigenvalue weighted by atomic mass is 16.2. The Balaban J connectivity index is 1.54. The van der Waals surface area contributed by atoms with Crippen LogP contribution in [-0.2, 0) is 6.42 Å². The average molecular weight is 335 g/mol. The summed E-state index contributed by atoms with van der Waals surface area (Å²) in [6.07, 6.45) is 0.801. The summed E-state index contributed by atoms with van der Waals surface area (Å²) in [5.74, 6) is 0.488. The van der Waals surface area contributed by atoms with Crippen LogP contribution in [0.3, 0.4) is 0 Å². The van der Waals surface area contributed by atoms with Crippen LogP contribution in [0, 0.1) is 6.92 Å². The molecule has 1 heterocycles. The van der Waals surface area contributed by atoms with E-state index in [1.165, 1.54) is 16.5 Å². The molecule has 3 N–H and O–H groups in total. The first-order valence-corrected chi connectivity index (χ1v) is 8.75. The Labute approximate surface area is 148 Å². The van der Waals surface area contributed by atoms with Crippen molar-refractivity contribution >= 4 is 22.6 Å². The molecule has 130 valence electrons. The summed E-state index contributed by atoms with van der Waals surface area (Å²) in [7, 11) is 0. The molecular formula is C21H25N3O. The van der Waals surface area contributed by atoms with E-state index < -0.39 is 0 Å². The number of aromatic amines is 1. The quantitative estimate of drug-likeness (QED) is 0.606. The van der Waals surface area contributed by atoms with Gasteiger partial charge in [0.2, 0.25) is 0 Å². The van der Waals surface area contributed by atoms with Crippen molar-refractivity contribution in [2.45, 2.75) is 33.1 Å². The van der Waals surface area contributed by atoms with E-state index in [4.69, 9.17) is 0 Å². The summed E-state index contributed by atoms with van der Waals surface area (Å²) in [5, 5.41) is 7.05. The van der Waals surface area contributed by atoms with E-state index in [1.807, 2.05) is 24.3 Å². The SMILES string of the molecule is Cc1[nH]c2ccccc2c1CCNC(=O)Nc1ccc(C(C)C)cc1. The van der Waals surface area contributed by atoms with E-state index in [0.717, 1.165) is 23.3 Å². The molecule has 2 amide bonds. The molecule has 3 rings (SSSR count). The smallest absolute Gasteiger partial charge is 0.319 e. The highest BCUT2D eigenvalue weighted by Crippen LogP contribution is 2.22. The first-order valence-electron chi connectivity index (χ1n) is 8.75. The maximum atomic E-state index is 12.1. The zero-order chi connectivity index (χ0) is 17.8. The highest BCUT2D eigenvalue weighted by Gasteiger charge is 2.08. The summed E-state index contributed by atoms with van der Waals surface area (Å²) in [6.45, 7) is 6.98. The minimum absolute atomic E-state index is 0.171. The molecule has 0 bridgehead atoms. The number of aromatic nitrogens is 1. The molecular weight excluding hydrogens is 310 g/mol. The molecule has 4 heteroatoms. The maximum Gasteiger partial charge on any atom is 0.319 e. The molecule has 0 aliphatic carbocycles. The third-order valence-corrected chi connectivity index (χ3v) is 4.52. The summed E-state index contributed by atoms with van der Waals surface area (Å²) < 4.78 is 0. The minimum Gasteiger partial charge on any atom is -0.358 e. The molecule has 25 heavy (non-hydrogen) atoms. The number of benzene rings is 2. The minimum atomic E-state index is -0.171. The Bertz CT molecular complexity index is 862. The summed E-state index contributed by atoms with van der Waals surface area (Å²) in [5.41, 5.74) is 5.64. The maximum absolute atomic E-state index is 12.1. The Kier molecular flexibility index (Phi) is 5.08. The lowest BCUT2D eigenvalue weighted by atomic mass is 10.0. The number of fused-ring (bicyclic) bond motifs is 1. The van der Waals surface area contributed by atoms with E-state index in [-0.39, 0.29) is 6.03 Å². The fraction of sp³-hybridized carbons (Fsp3) is 0.286. The van der Waals surface area contributed by atoms with Gasteiger partial charge < -0.3 is 15.6 Å². The third kappa shape index (κ3) is 4.02. The first-order chi connectivity index (χ1) is 12.0. The van der Waals surface area contributed by atoms with Gasteiger partial charge in [-0.25, -0.2) is 4.79 Å². The number of carbonyl (C=O) groups is 1. The van der Waals surface area contributed by atoms with Gasteiger partial charge in [-0.2, -0.15) is 0 Å². The van der Waals surface area contributed by atoms with Crippen molar-refractivity contribution < 1.29 is 4.79 Å². The largest absolute Gasteiger partial charge is 0.358 e. The number of anilines is 1. The van der Waals surface area contributed by atoms with Crippen molar-refractivity contribution in [3.63, 3.8) is 0 Å². The monoisotopic (exact) mass is 335 g/mol. The fourth-order valence-electron chi connectivity index (χ4n) is 3.08. The molecule has 0 radical (unpaired) electrons. The number of nitrogens with one attached hydrogen (secondary N) is 3. The van der Waals surface area contributed by atoms with Gasteiger partial charge in [0.05, 0.1) is 0 Å². The van der Waals surface area contributed by atoms with Crippen molar-refractivity contribution in [1.29, 1.82) is 0 Å². The Morgan fingerprint density at radius 3 is 2.52 bits per heavy atom. The Morgan fingerprint density at radius 2 is 1.80 bits per heavy atom. The number of rotatable bonds is 5. The number of hydrogen-bond donors (Lipinski definition) is 3. The number of carbonyl (C=O) groups excluding carboxylic acids is 1. The number of hydrogen-bond acceptors (Lipinski definition) is 1. The number of amides is 2. The predicted molar refractivity (Wildman–Crippen MR) is 104 cm³/mol. The van der Waals surface area contributed by atoms with Crippen LogP contribution >= 0.6 is 0 Å². The summed E-state index contributed by atoms with van der Waals surface area (Å²) in [6, 6.07) is 16.1. The van der Waals surface area contributed by atoms with Gasteiger partial charge in [-0.3, -0.25) is 0 Å². The topological polar surface area (TPSA) is 56.9 Å². The van der Waals surface area contributed by atoms with Crippen LogP contribution in [0.2, 0.25) is 0 Å². The van der Waals surface area contributed by atoms with Crippen LogP contribution in [0.1, 0.15) is 36.6 Å². The lowest BCUT2D eigenvalue weighted by molar-refractivity contribution is 0.252. The second-order valence-corrected chi connectivity index (χ2v) is 6.68. The summed E-state index contributed by atoms with van der Waals surface area (Å²) >= 11 is 0. The molecule has 2 aromatic carbocycles. The van der Waals surface area contributed by atoms with Crippen LogP contribution in [-0.4, -0.2) is 17.6 Å². The number of urea groups is 1. The Morgan fingerprint density at radius 1 is 1.08 bits per heavy atom. The molecule has 1 aromatic heterocycles. The third-order valence-electron chi connectivity index (χ3n) is 4.52. The molecule has 0 spiro atoms. The van der Waals surface area contributed by atoms with Crippen molar-refractivity contribution in [2.75, 3.05) is 11.9 Å². The van der Waals surface area contributed by atoms with E-state index in [2.05, 4.69) is 60.7 Å². The zero-order valence-electron chi connectivity index (χ0n) is 15.0. The molecule has 0 atom stereocenters. The van der Waals surface area contributed by atoms with Gasteiger partial charge in [0.25, 0.3) is 0 Å². The normalized spacial score (nSPS) is 11.0. The molecule has 3 aromatic rings. The van der Waals surface area contributed by atoms with E-state index in [0.29, 0.717) is 12.5 Å². The average Bonchev–Trinajstić information content (AvgIpc) is 2.91. The van der Waals surface area contributed by atoms with E-state index >= 15 is 0 Å². The second-order valence-electron chi connectivity index (χ2n) is 6.68. The van der Waals surface area contributed by atoms with Gasteiger partial charge in [0, 0.05) is 28.8 Å². The van der Waals surface area contributed by atoms with Crippen LogP contribution in [0.25, 0.3) is 10.9 Å². The van der Waals surface area contributed by atoms with Gasteiger partial charge in [-0.05, 0) is 48.6 Å². The number of aryl methyl sites for hydroxylation is 1. The van der Waals surface area contributed by atoms with Crippen molar-refractivity contribution in [3.05, 3.63) is 65.4 Å². The second kappa shape index (κ2) is 7.43. The van der Waals surface area contributed by atoms with Gasteiger partial charge in [0.15, 0.2) is 0 Å². The van der Waals surface area contributed by atoms with Crippen LogP contribution in [0.15, 0.2) is 48.5 Å². The van der Waals surface area contributed by atoms with Crippen molar-refractivity contribution in [3.8, 4) is 0 Å². The van der Waals surface area contributed by atoms with Crippen LogP contribution < -0.4 is 10.6 Å². The molecule has 0 fully saturated rings. The zero-order valence-corrected chi connectivity index (χ0v) is 15.0.